The number of rotatable bonds is 3. The summed E-state index contributed by atoms with van der Waals surface area (Å²) in [6, 6.07) is 3.17. The van der Waals surface area contributed by atoms with Gasteiger partial charge < -0.3 is 5.73 Å². The van der Waals surface area contributed by atoms with E-state index in [0.29, 0.717) is 23.2 Å². The fourth-order valence-electron chi connectivity index (χ4n) is 3.23. The first-order valence-electron chi connectivity index (χ1n) is 7.76. The van der Waals surface area contributed by atoms with Crippen LogP contribution in [0.5, 0.6) is 0 Å². The molecule has 1 aliphatic carbocycles. The Morgan fingerprint density at radius 3 is 2.75 bits per heavy atom. The molecule has 7 heteroatoms. The highest BCUT2D eigenvalue weighted by atomic mass is 32.1. The number of halogens is 1. The molecule has 1 fully saturated rings. The zero-order chi connectivity index (χ0) is 17.0. The summed E-state index contributed by atoms with van der Waals surface area (Å²) in [6.07, 6.45) is 1.78. The number of aromatic amines is 1. The molecule has 1 aromatic carbocycles. The number of aryl methyl sites for hydroxylation is 1. The molecule has 0 saturated heterocycles. The van der Waals surface area contributed by atoms with E-state index >= 15 is 0 Å². The van der Waals surface area contributed by atoms with Gasteiger partial charge in [-0.2, -0.15) is 0 Å². The number of aromatic nitrogens is 2. The lowest BCUT2D eigenvalue weighted by molar-refractivity contribution is 0.630. The molecule has 0 unspecified atom stereocenters. The third-order valence-corrected chi connectivity index (χ3v) is 5.43. The Morgan fingerprint density at radius 1 is 1.38 bits per heavy atom. The predicted molar refractivity (Wildman–Crippen MR) is 93.0 cm³/mol. The molecule has 1 aliphatic rings. The number of hydrogen-bond acceptors (Lipinski definition) is 4. The minimum atomic E-state index is -0.548. The number of fused-ring (bicyclic) bond motifs is 1. The molecule has 2 heterocycles. The zero-order valence-electron chi connectivity index (χ0n) is 13.1. The predicted octanol–water partition coefficient (Wildman–Crippen LogP) is 2.66. The Morgan fingerprint density at radius 2 is 2.12 bits per heavy atom. The van der Waals surface area contributed by atoms with Crippen molar-refractivity contribution in [1.29, 1.82) is 0 Å². The molecule has 3 N–H and O–H groups in total. The van der Waals surface area contributed by atoms with Crippen LogP contribution in [0.1, 0.15) is 29.3 Å². The number of thiophene rings is 1. The smallest absolute Gasteiger partial charge is 0.326 e. The van der Waals surface area contributed by atoms with Gasteiger partial charge in [-0.3, -0.25) is 14.3 Å². The van der Waals surface area contributed by atoms with Gasteiger partial charge in [0.1, 0.15) is 5.82 Å². The maximum absolute atomic E-state index is 14.7. The van der Waals surface area contributed by atoms with Gasteiger partial charge >= 0.3 is 5.69 Å². The second kappa shape index (κ2) is 5.39. The third-order valence-electron chi connectivity index (χ3n) is 4.48. The van der Waals surface area contributed by atoms with E-state index in [1.807, 2.05) is 11.4 Å². The number of benzene rings is 1. The van der Waals surface area contributed by atoms with Crippen LogP contribution in [0, 0.1) is 12.7 Å². The van der Waals surface area contributed by atoms with Crippen molar-refractivity contribution in [2.24, 2.45) is 5.73 Å². The molecule has 0 spiro atoms. The second-order valence-corrected chi connectivity index (χ2v) is 7.12. The first kappa shape index (κ1) is 15.3. The van der Waals surface area contributed by atoms with Crippen LogP contribution in [0.4, 0.5) is 4.39 Å². The molecular weight excluding hydrogens is 329 g/mol. The van der Waals surface area contributed by atoms with Gasteiger partial charge in [0.15, 0.2) is 0 Å². The van der Waals surface area contributed by atoms with Crippen molar-refractivity contribution in [3.8, 4) is 11.1 Å². The quantitative estimate of drug-likeness (QED) is 0.766. The molecule has 0 radical (unpaired) electrons. The van der Waals surface area contributed by atoms with Gasteiger partial charge in [0.25, 0.3) is 5.56 Å². The minimum Gasteiger partial charge on any atom is -0.326 e. The summed E-state index contributed by atoms with van der Waals surface area (Å²) in [7, 11) is 0. The highest BCUT2D eigenvalue weighted by molar-refractivity contribution is 7.10. The molecular formula is C17H16FN3O2S. The molecule has 3 aromatic rings. The van der Waals surface area contributed by atoms with Crippen LogP contribution < -0.4 is 17.0 Å². The number of nitrogens with one attached hydrogen (secondary N) is 1. The van der Waals surface area contributed by atoms with Crippen molar-refractivity contribution >= 4 is 22.2 Å². The van der Waals surface area contributed by atoms with Gasteiger partial charge in [-0.1, -0.05) is 0 Å². The molecule has 2 aromatic heterocycles. The highest BCUT2D eigenvalue weighted by Gasteiger charge is 2.29. The van der Waals surface area contributed by atoms with E-state index in [1.165, 1.54) is 17.4 Å². The van der Waals surface area contributed by atoms with Crippen LogP contribution in [0.3, 0.4) is 0 Å². The van der Waals surface area contributed by atoms with Crippen molar-refractivity contribution in [2.45, 2.75) is 32.4 Å². The van der Waals surface area contributed by atoms with Crippen LogP contribution in [0.15, 0.2) is 27.1 Å². The summed E-state index contributed by atoms with van der Waals surface area (Å²) in [6.45, 7) is 2.16. The first-order valence-corrected chi connectivity index (χ1v) is 8.64. The molecule has 24 heavy (non-hydrogen) atoms. The average molecular weight is 345 g/mol. The third kappa shape index (κ3) is 2.23. The Balaban J connectivity index is 2.11. The fourth-order valence-corrected chi connectivity index (χ4v) is 3.99. The molecule has 124 valence electrons. The minimum absolute atomic E-state index is 0.0796. The lowest BCUT2D eigenvalue weighted by Crippen LogP contribution is -2.30. The number of nitrogens with two attached hydrogens (primary N) is 1. The molecule has 0 aliphatic heterocycles. The maximum atomic E-state index is 14.7. The van der Waals surface area contributed by atoms with E-state index < -0.39 is 17.1 Å². The van der Waals surface area contributed by atoms with E-state index in [0.717, 1.165) is 23.3 Å². The number of nitrogens with zero attached hydrogens (tertiary/aromatic N) is 1. The molecule has 4 rings (SSSR count). The summed E-state index contributed by atoms with van der Waals surface area (Å²) in [5.41, 5.74) is 6.97. The van der Waals surface area contributed by atoms with Gasteiger partial charge in [-0.25, -0.2) is 9.18 Å². The maximum Gasteiger partial charge on any atom is 0.329 e. The monoisotopic (exact) mass is 345 g/mol. The summed E-state index contributed by atoms with van der Waals surface area (Å²) >= 11 is 1.47. The van der Waals surface area contributed by atoms with Gasteiger partial charge in [-0.15, -0.1) is 11.3 Å². The van der Waals surface area contributed by atoms with Crippen LogP contribution >= 0.6 is 11.3 Å². The van der Waals surface area contributed by atoms with E-state index in [1.54, 1.807) is 11.5 Å². The molecule has 0 bridgehead atoms. The standard InChI is InChI=1S/C17H16FN3O2S/c1-8-14(9-4-11(6-19)24-7-9)13(18)5-12-15(8)21(10-2-3-10)17(23)20-16(12)22/h4-5,7,10H,2-3,6,19H2,1H3,(H,20,22,23). The van der Waals surface area contributed by atoms with Crippen molar-refractivity contribution < 1.29 is 4.39 Å². The largest absolute Gasteiger partial charge is 0.329 e. The second-order valence-electron chi connectivity index (χ2n) is 6.12. The number of hydrogen-bond donors (Lipinski definition) is 2. The van der Waals surface area contributed by atoms with Gasteiger partial charge in [-0.05, 0) is 48.4 Å². The van der Waals surface area contributed by atoms with Gasteiger partial charge in [0.05, 0.1) is 10.9 Å². The first-order chi connectivity index (χ1) is 11.5. The summed E-state index contributed by atoms with van der Waals surface area (Å²) < 4.78 is 16.3. The molecule has 5 nitrogen and oxygen atoms in total. The zero-order valence-corrected chi connectivity index (χ0v) is 13.9. The van der Waals surface area contributed by atoms with E-state index in [2.05, 4.69) is 4.98 Å². The Labute approximate surface area is 140 Å². The van der Waals surface area contributed by atoms with Crippen molar-refractivity contribution in [3.63, 3.8) is 0 Å². The van der Waals surface area contributed by atoms with E-state index in [-0.39, 0.29) is 11.4 Å². The van der Waals surface area contributed by atoms with Crippen LogP contribution in [0.25, 0.3) is 22.0 Å². The van der Waals surface area contributed by atoms with Gasteiger partial charge in [0.2, 0.25) is 0 Å². The summed E-state index contributed by atoms with van der Waals surface area (Å²) in [4.78, 5) is 27.7. The van der Waals surface area contributed by atoms with Crippen molar-refractivity contribution in [3.05, 3.63) is 54.6 Å². The summed E-state index contributed by atoms with van der Waals surface area (Å²) in [5.74, 6) is -0.465. The van der Waals surface area contributed by atoms with Crippen LogP contribution in [0.2, 0.25) is 0 Å². The van der Waals surface area contributed by atoms with Crippen LogP contribution in [-0.4, -0.2) is 9.55 Å². The SMILES string of the molecule is Cc1c(-c2csc(CN)c2)c(F)cc2c(=O)[nH]c(=O)n(C3CC3)c12. The molecule has 0 atom stereocenters. The number of H-pyrrole nitrogens is 1. The normalized spacial score (nSPS) is 14.5. The molecule has 0 amide bonds. The topological polar surface area (TPSA) is 80.9 Å². The Hall–Kier alpha value is -2.25. The highest BCUT2D eigenvalue weighted by Crippen LogP contribution is 2.39. The van der Waals surface area contributed by atoms with Crippen molar-refractivity contribution in [2.75, 3.05) is 0 Å². The van der Waals surface area contributed by atoms with E-state index in [9.17, 15) is 14.0 Å². The lowest BCUT2D eigenvalue weighted by Gasteiger charge is -2.14. The van der Waals surface area contributed by atoms with E-state index in [4.69, 9.17) is 5.73 Å². The Kier molecular flexibility index (Phi) is 3.43. The fraction of sp³-hybridized carbons (Fsp3) is 0.294. The Bertz CT molecular complexity index is 1080. The van der Waals surface area contributed by atoms with Crippen molar-refractivity contribution in [1.82, 2.24) is 9.55 Å². The van der Waals surface area contributed by atoms with Crippen LogP contribution in [-0.2, 0) is 6.54 Å². The average Bonchev–Trinajstić information content (AvgIpc) is 3.26. The van der Waals surface area contributed by atoms with Gasteiger partial charge in [0, 0.05) is 23.0 Å². The summed E-state index contributed by atoms with van der Waals surface area (Å²) in [5, 5.41) is 2.07. The molecule has 1 saturated carbocycles. The lowest BCUT2D eigenvalue weighted by atomic mass is 9.99.